The van der Waals surface area contributed by atoms with Crippen LogP contribution < -0.4 is 0 Å². The Bertz CT molecular complexity index is 685. The minimum absolute atomic E-state index is 0.485. The molecule has 0 bridgehead atoms. The number of carboxylic acids is 1. The minimum atomic E-state index is -0.819. The first-order valence-electron chi connectivity index (χ1n) is 6.53. The Morgan fingerprint density at radius 1 is 1.26 bits per heavy atom. The van der Waals surface area contributed by atoms with Gasteiger partial charge in [0.15, 0.2) is 0 Å². The predicted octanol–water partition coefficient (Wildman–Crippen LogP) is 2.40. The topological polar surface area (TPSA) is 45.5 Å². The normalized spacial score (nSPS) is 15.7. The Balaban J connectivity index is 2.43. The van der Waals surface area contributed by atoms with Crippen LogP contribution in [0.3, 0.4) is 0 Å². The van der Waals surface area contributed by atoms with E-state index >= 15 is 0 Å². The summed E-state index contributed by atoms with van der Waals surface area (Å²) >= 11 is 0. The fourth-order valence-electron chi connectivity index (χ4n) is 3.16. The van der Waals surface area contributed by atoms with Crippen molar-refractivity contribution in [2.24, 2.45) is 0 Å². The highest BCUT2D eigenvalue weighted by Crippen LogP contribution is 2.32. The summed E-state index contributed by atoms with van der Waals surface area (Å²) in [5.74, 6) is -0.819. The van der Waals surface area contributed by atoms with Crippen LogP contribution in [0.1, 0.15) is 27.2 Å². The molecule has 0 saturated carbocycles. The molecule has 0 atom stereocenters. The molecular weight excluding hydrogens is 240 g/mol. The van der Waals surface area contributed by atoms with Gasteiger partial charge < -0.3 is 9.67 Å². The van der Waals surface area contributed by atoms with Crippen LogP contribution in [0.15, 0.2) is 12.1 Å². The minimum Gasteiger partial charge on any atom is -0.478 e. The van der Waals surface area contributed by atoms with Crippen LogP contribution in [-0.4, -0.2) is 34.1 Å². The second-order valence-electron chi connectivity index (χ2n) is 5.49. The maximum absolute atomic E-state index is 11.7. The Kier molecular flexibility index (Phi) is 2.64. The van der Waals surface area contributed by atoms with Gasteiger partial charge in [-0.3, -0.25) is 4.90 Å². The summed E-state index contributed by atoms with van der Waals surface area (Å²) < 4.78 is 2.18. The quantitative estimate of drug-likeness (QED) is 0.854. The summed E-state index contributed by atoms with van der Waals surface area (Å²) in [5.41, 5.74) is 4.72. The molecule has 100 valence electrons. The van der Waals surface area contributed by atoms with Crippen molar-refractivity contribution in [2.45, 2.75) is 26.9 Å². The van der Waals surface area contributed by atoms with Crippen molar-refractivity contribution in [3.63, 3.8) is 0 Å². The molecule has 3 rings (SSSR count). The summed E-state index contributed by atoms with van der Waals surface area (Å²) in [6, 6.07) is 4.16. The van der Waals surface area contributed by atoms with Crippen molar-refractivity contribution in [1.29, 1.82) is 0 Å². The molecule has 1 aliphatic heterocycles. The molecule has 1 aliphatic rings. The van der Waals surface area contributed by atoms with Crippen LogP contribution >= 0.6 is 0 Å². The fraction of sp³-hybridized carbons (Fsp3) is 0.400. The molecule has 2 heterocycles. The first-order chi connectivity index (χ1) is 8.99. The summed E-state index contributed by atoms with van der Waals surface area (Å²) in [4.78, 5) is 13.8. The highest BCUT2D eigenvalue weighted by molar-refractivity contribution is 6.06. The maximum Gasteiger partial charge on any atom is 0.338 e. The van der Waals surface area contributed by atoms with Crippen molar-refractivity contribution in [3.05, 3.63) is 34.5 Å². The molecule has 0 fully saturated rings. The molecule has 0 unspecified atom stereocenters. The third-order valence-electron chi connectivity index (χ3n) is 3.95. The van der Waals surface area contributed by atoms with Crippen molar-refractivity contribution in [2.75, 3.05) is 13.6 Å². The zero-order valence-corrected chi connectivity index (χ0v) is 11.5. The lowest BCUT2D eigenvalue weighted by molar-refractivity contribution is 0.0695. The summed E-state index contributed by atoms with van der Waals surface area (Å²) in [6.07, 6.45) is 0. The number of aromatic nitrogens is 1. The number of aromatic carboxylic acids is 1. The van der Waals surface area contributed by atoms with E-state index in [0.717, 1.165) is 35.2 Å². The average molecular weight is 258 g/mol. The molecular formula is C15H18N2O2. The number of nitrogens with zero attached hydrogens (tertiary/aromatic N) is 2. The van der Waals surface area contributed by atoms with Gasteiger partial charge in [0.2, 0.25) is 0 Å². The first-order valence-corrected chi connectivity index (χ1v) is 6.53. The molecule has 0 spiro atoms. The van der Waals surface area contributed by atoms with Gasteiger partial charge >= 0.3 is 5.97 Å². The lowest BCUT2D eigenvalue weighted by atomic mass is 10.0. The standard InChI is InChI=1S/C15H18N2O2/c1-9-6-10(2)13-11(7-9)17-5-4-16(3)8-12(17)14(13)15(18)19/h6-7H,4-5,8H2,1-3H3,(H,18,19). The lowest BCUT2D eigenvalue weighted by Crippen LogP contribution is -2.30. The van der Waals surface area contributed by atoms with E-state index in [-0.39, 0.29) is 0 Å². The van der Waals surface area contributed by atoms with Crippen LogP contribution in [0.4, 0.5) is 0 Å². The van der Waals surface area contributed by atoms with Crippen LogP contribution in [-0.2, 0) is 13.1 Å². The van der Waals surface area contributed by atoms with E-state index in [1.165, 1.54) is 5.56 Å². The third kappa shape index (κ3) is 1.75. The largest absolute Gasteiger partial charge is 0.478 e. The second kappa shape index (κ2) is 4.10. The number of rotatable bonds is 1. The zero-order valence-electron chi connectivity index (χ0n) is 11.5. The molecule has 0 aliphatic carbocycles. The first kappa shape index (κ1) is 12.2. The van der Waals surface area contributed by atoms with E-state index in [4.69, 9.17) is 0 Å². The van der Waals surface area contributed by atoms with Crippen molar-refractivity contribution in [1.82, 2.24) is 9.47 Å². The summed E-state index contributed by atoms with van der Waals surface area (Å²) in [6.45, 7) is 6.58. The van der Waals surface area contributed by atoms with Gasteiger partial charge in [0.1, 0.15) is 0 Å². The molecule has 0 radical (unpaired) electrons. The molecule has 1 aromatic heterocycles. The van der Waals surface area contributed by atoms with Crippen molar-refractivity contribution < 1.29 is 9.90 Å². The van der Waals surface area contributed by atoms with Crippen molar-refractivity contribution in [3.8, 4) is 0 Å². The highest BCUT2D eigenvalue weighted by Gasteiger charge is 2.26. The van der Waals surface area contributed by atoms with Crippen LogP contribution in [0, 0.1) is 13.8 Å². The third-order valence-corrected chi connectivity index (χ3v) is 3.95. The summed E-state index contributed by atoms with van der Waals surface area (Å²) in [5, 5.41) is 10.5. The molecule has 2 aromatic rings. The van der Waals surface area contributed by atoms with E-state index in [1.807, 2.05) is 14.0 Å². The number of benzene rings is 1. The number of carboxylic acid groups (broad SMARTS) is 1. The van der Waals surface area contributed by atoms with Gasteiger partial charge in [0.25, 0.3) is 0 Å². The Morgan fingerprint density at radius 2 is 2.00 bits per heavy atom. The zero-order chi connectivity index (χ0) is 13.7. The number of hydrogen-bond acceptors (Lipinski definition) is 2. The van der Waals surface area contributed by atoms with E-state index in [2.05, 4.69) is 28.5 Å². The molecule has 1 aromatic carbocycles. The smallest absolute Gasteiger partial charge is 0.338 e. The number of hydrogen-bond donors (Lipinski definition) is 1. The fourth-order valence-corrected chi connectivity index (χ4v) is 3.16. The lowest BCUT2D eigenvalue weighted by Gasteiger charge is -2.25. The molecule has 0 saturated heterocycles. The molecule has 1 N–H and O–H groups in total. The van der Waals surface area contributed by atoms with Crippen LogP contribution in [0.2, 0.25) is 0 Å². The van der Waals surface area contributed by atoms with Crippen molar-refractivity contribution >= 4 is 16.9 Å². The van der Waals surface area contributed by atoms with E-state index in [9.17, 15) is 9.90 Å². The van der Waals surface area contributed by atoms with Crippen LogP contribution in [0.25, 0.3) is 10.9 Å². The summed E-state index contributed by atoms with van der Waals surface area (Å²) in [7, 11) is 2.03. The number of likely N-dealkylation sites (N-methyl/N-ethyl adjacent to an activating group) is 1. The van der Waals surface area contributed by atoms with Gasteiger partial charge in [-0.1, -0.05) is 6.07 Å². The van der Waals surface area contributed by atoms with Crippen LogP contribution in [0.5, 0.6) is 0 Å². The van der Waals surface area contributed by atoms with E-state index in [1.54, 1.807) is 0 Å². The SMILES string of the molecule is Cc1cc(C)c2c(C(=O)O)c3n(c2c1)CCN(C)C3. The van der Waals surface area contributed by atoms with Gasteiger partial charge in [0.05, 0.1) is 5.56 Å². The van der Waals surface area contributed by atoms with E-state index < -0.39 is 5.97 Å². The molecule has 4 nitrogen and oxygen atoms in total. The predicted molar refractivity (Wildman–Crippen MR) is 74.7 cm³/mol. The van der Waals surface area contributed by atoms with Gasteiger partial charge in [-0.15, -0.1) is 0 Å². The Hall–Kier alpha value is -1.81. The van der Waals surface area contributed by atoms with Gasteiger partial charge in [-0.2, -0.15) is 0 Å². The van der Waals surface area contributed by atoms with Gasteiger partial charge in [-0.05, 0) is 38.1 Å². The maximum atomic E-state index is 11.7. The average Bonchev–Trinajstić information content (AvgIpc) is 2.63. The number of aryl methyl sites for hydroxylation is 2. The second-order valence-corrected chi connectivity index (χ2v) is 5.49. The number of fused-ring (bicyclic) bond motifs is 3. The Labute approximate surface area is 112 Å². The highest BCUT2D eigenvalue weighted by atomic mass is 16.4. The number of carbonyl (C=O) groups is 1. The van der Waals surface area contributed by atoms with Gasteiger partial charge in [0, 0.05) is 36.2 Å². The van der Waals surface area contributed by atoms with E-state index in [0.29, 0.717) is 12.1 Å². The Morgan fingerprint density at radius 3 is 2.68 bits per heavy atom. The molecule has 19 heavy (non-hydrogen) atoms. The van der Waals surface area contributed by atoms with Gasteiger partial charge in [-0.25, -0.2) is 4.79 Å². The molecule has 0 amide bonds. The monoisotopic (exact) mass is 258 g/mol. The molecule has 4 heteroatoms.